The first-order valence-electron chi connectivity index (χ1n) is 6.88. The van der Waals surface area contributed by atoms with Crippen LogP contribution in [0.1, 0.15) is 38.2 Å². The summed E-state index contributed by atoms with van der Waals surface area (Å²) in [5.74, 6) is 0.385. The molecule has 0 unspecified atom stereocenters. The molecule has 0 aliphatic heterocycles. The van der Waals surface area contributed by atoms with E-state index < -0.39 is 0 Å². The molecule has 0 saturated heterocycles. The van der Waals surface area contributed by atoms with Crippen molar-refractivity contribution >= 4 is 11.7 Å². The smallest absolute Gasteiger partial charge is 0.319 e. The quantitative estimate of drug-likeness (QED) is 0.837. The molecule has 1 aromatic rings. The van der Waals surface area contributed by atoms with Gasteiger partial charge in [0.1, 0.15) is 5.82 Å². The number of hydrogen-bond donors (Lipinski definition) is 2. The van der Waals surface area contributed by atoms with E-state index in [2.05, 4.69) is 17.6 Å². The van der Waals surface area contributed by atoms with E-state index in [0.29, 0.717) is 11.6 Å². The molecule has 0 heterocycles. The van der Waals surface area contributed by atoms with Gasteiger partial charge in [-0.05, 0) is 49.4 Å². The summed E-state index contributed by atoms with van der Waals surface area (Å²) in [4.78, 5) is 11.9. The van der Waals surface area contributed by atoms with Crippen molar-refractivity contribution < 1.29 is 9.18 Å². The fraction of sp³-hybridized carbons (Fsp3) is 0.533. The Morgan fingerprint density at radius 2 is 2.16 bits per heavy atom. The first-order valence-corrected chi connectivity index (χ1v) is 6.88. The molecule has 0 spiro atoms. The van der Waals surface area contributed by atoms with E-state index in [0.717, 1.165) is 18.4 Å². The highest BCUT2D eigenvalue weighted by atomic mass is 19.1. The van der Waals surface area contributed by atoms with Crippen LogP contribution in [0, 0.1) is 18.7 Å². The average Bonchev–Trinajstić information content (AvgIpc) is 2.33. The zero-order chi connectivity index (χ0) is 13.8. The van der Waals surface area contributed by atoms with Crippen LogP contribution in [0.2, 0.25) is 0 Å². The van der Waals surface area contributed by atoms with E-state index in [4.69, 9.17) is 0 Å². The SMILES string of the molecule is Cc1cc(F)ccc1NC(=O)N[C@@H]1CCC[C@H](C)C1. The highest BCUT2D eigenvalue weighted by molar-refractivity contribution is 5.90. The van der Waals surface area contributed by atoms with Crippen molar-refractivity contribution in [3.63, 3.8) is 0 Å². The average molecular weight is 264 g/mol. The Morgan fingerprint density at radius 3 is 2.84 bits per heavy atom. The van der Waals surface area contributed by atoms with Gasteiger partial charge in [-0.2, -0.15) is 0 Å². The number of nitrogens with one attached hydrogen (secondary N) is 2. The van der Waals surface area contributed by atoms with Crippen molar-refractivity contribution in [1.29, 1.82) is 0 Å². The summed E-state index contributed by atoms with van der Waals surface area (Å²) < 4.78 is 13.0. The summed E-state index contributed by atoms with van der Waals surface area (Å²) in [6, 6.07) is 4.41. The Morgan fingerprint density at radius 1 is 1.37 bits per heavy atom. The van der Waals surface area contributed by atoms with Gasteiger partial charge in [0.05, 0.1) is 0 Å². The molecule has 0 aromatic heterocycles. The predicted octanol–water partition coefficient (Wildman–Crippen LogP) is 3.83. The van der Waals surface area contributed by atoms with Crippen LogP contribution in [0.5, 0.6) is 0 Å². The van der Waals surface area contributed by atoms with Crippen molar-refractivity contribution in [2.24, 2.45) is 5.92 Å². The van der Waals surface area contributed by atoms with Gasteiger partial charge in [-0.1, -0.05) is 19.8 Å². The lowest BCUT2D eigenvalue weighted by Gasteiger charge is -2.27. The normalized spacial score (nSPS) is 22.9. The fourth-order valence-corrected chi connectivity index (χ4v) is 2.68. The first kappa shape index (κ1) is 13.8. The number of halogens is 1. The molecular weight excluding hydrogens is 243 g/mol. The second-order valence-corrected chi connectivity index (χ2v) is 5.53. The third-order valence-corrected chi connectivity index (χ3v) is 3.71. The summed E-state index contributed by atoms with van der Waals surface area (Å²) >= 11 is 0. The minimum atomic E-state index is -0.287. The molecule has 104 valence electrons. The molecule has 2 amide bonds. The number of carbonyl (C=O) groups is 1. The molecule has 1 aliphatic carbocycles. The number of hydrogen-bond acceptors (Lipinski definition) is 1. The predicted molar refractivity (Wildman–Crippen MR) is 74.7 cm³/mol. The van der Waals surface area contributed by atoms with Crippen LogP contribution in [-0.2, 0) is 0 Å². The van der Waals surface area contributed by atoms with E-state index in [1.807, 2.05) is 0 Å². The standard InChI is InChI=1S/C15H21FN2O/c1-10-4-3-5-13(8-10)17-15(19)18-14-7-6-12(16)9-11(14)2/h6-7,9-10,13H,3-5,8H2,1-2H3,(H2,17,18,19)/t10-,13+/m0/s1. The second kappa shape index (κ2) is 6.04. The number of rotatable bonds is 2. The number of urea groups is 1. The van der Waals surface area contributed by atoms with Gasteiger partial charge < -0.3 is 10.6 Å². The molecule has 1 aromatic carbocycles. The van der Waals surface area contributed by atoms with Gasteiger partial charge in [-0.15, -0.1) is 0 Å². The third kappa shape index (κ3) is 3.94. The molecule has 2 N–H and O–H groups in total. The van der Waals surface area contributed by atoms with Crippen LogP contribution in [0.4, 0.5) is 14.9 Å². The lowest BCUT2D eigenvalue weighted by Crippen LogP contribution is -2.40. The van der Waals surface area contributed by atoms with Gasteiger partial charge in [0, 0.05) is 11.7 Å². The summed E-state index contributed by atoms with van der Waals surface area (Å²) in [7, 11) is 0. The Hall–Kier alpha value is -1.58. The maximum absolute atomic E-state index is 13.0. The Bertz CT molecular complexity index is 461. The Balaban J connectivity index is 1.90. The lowest BCUT2D eigenvalue weighted by molar-refractivity contribution is 0.238. The summed E-state index contributed by atoms with van der Waals surface area (Å²) in [6.07, 6.45) is 4.49. The molecule has 0 bridgehead atoms. The third-order valence-electron chi connectivity index (χ3n) is 3.71. The van der Waals surface area contributed by atoms with Gasteiger partial charge in [0.15, 0.2) is 0 Å². The molecular formula is C15H21FN2O. The van der Waals surface area contributed by atoms with Crippen molar-refractivity contribution in [3.05, 3.63) is 29.6 Å². The minimum absolute atomic E-state index is 0.200. The summed E-state index contributed by atoms with van der Waals surface area (Å²) in [5, 5.41) is 5.78. The van der Waals surface area contributed by atoms with Gasteiger partial charge in [0.2, 0.25) is 0 Å². The zero-order valence-electron chi connectivity index (χ0n) is 11.5. The van der Waals surface area contributed by atoms with Crippen molar-refractivity contribution in [1.82, 2.24) is 5.32 Å². The number of aryl methyl sites for hydroxylation is 1. The van der Waals surface area contributed by atoms with Crippen LogP contribution < -0.4 is 10.6 Å². The van der Waals surface area contributed by atoms with Crippen LogP contribution in [-0.4, -0.2) is 12.1 Å². The largest absolute Gasteiger partial charge is 0.335 e. The molecule has 2 atom stereocenters. The molecule has 1 saturated carbocycles. The Labute approximate surface area is 113 Å². The van der Waals surface area contributed by atoms with Crippen molar-refractivity contribution in [2.45, 2.75) is 45.6 Å². The molecule has 19 heavy (non-hydrogen) atoms. The van der Waals surface area contributed by atoms with E-state index in [9.17, 15) is 9.18 Å². The van der Waals surface area contributed by atoms with Crippen LogP contribution in [0.15, 0.2) is 18.2 Å². The molecule has 3 nitrogen and oxygen atoms in total. The maximum Gasteiger partial charge on any atom is 0.319 e. The van der Waals surface area contributed by atoms with Crippen molar-refractivity contribution in [2.75, 3.05) is 5.32 Å². The van der Waals surface area contributed by atoms with E-state index in [1.54, 1.807) is 13.0 Å². The fourth-order valence-electron chi connectivity index (χ4n) is 2.68. The van der Waals surface area contributed by atoms with Crippen LogP contribution >= 0.6 is 0 Å². The highest BCUT2D eigenvalue weighted by Gasteiger charge is 2.20. The maximum atomic E-state index is 13.0. The van der Waals surface area contributed by atoms with Gasteiger partial charge in [0.25, 0.3) is 0 Å². The number of benzene rings is 1. The van der Waals surface area contributed by atoms with E-state index in [-0.39, 0.29) is 17.9 Å². The highest BCUT2D eigenvalue weighted by Crippen LogP contribution is 2.23. The summed E-state index contributed by atoms with van der Waals surface area (Å²) in [5.41, 5.74) is 1.38. The molecule has 1 fully saturated rings. The van der Waals surface area contributed by atoms with Gasteiger partial charge in [-0.3, -0.25) is 0 Å². The van der Waals surface area contributed by atoms with E-state index in [1.165, 1.54) is 25.0 Å². The molecule has 4 heteroatoms. The zero-order valence-corrected chi connectivity index (χ0v) is 11.5. The monoisotopic (exact) mass is 264 g/mol. The molecule has 2 rings (SSSR count). The van der Waals surface area contributed by atoms with Crippen LogP contribution in [0.25, 0.3) is 0 Å². The van der Waals surface area contributed by atoms with Gasteiger partial charge in [-0.25, -0.2) is 9.18 Å². The Kier molecular flexibility index (Phi) is 4.40. The number of anilines is 1. The first-order chi connectivity index (χ1) is 9.04. The molecule has 1 aliphatic rings. The van der Waals surface area contributed by atoms with E-state index >= 15 is 0 Å². The van der Waals surface area contributed by atoms with Crippen molar-refractivity contribution in [3.8, 4) is 0 Å². The van der Waals surface area contributed by atoms with Crippen LogP contribution in [0.3, 0.4) is 0 Å². The number of amides is 2. The summed E-state index contributed by atoms with van der Waals surface area (Å²) in [6.45, 7) is 4.00. The number of carbonyl (C=O) groups excluding carboxylic acids is 1. The second-order valence-electron chi connectivity index (χ2n) is 5.53. The topological polar surface area (TPSA) is 41.1 Å². The minimum Gasteiger partial charge on any atom is -0.335 e. The lowest BCUT2D eigenvalue weighted by atomic mass is 9.87. The molecule has 0 radical (unpaired) electrons. The van der Waals surface area contributed by atoms with Gasteiger partial charge >= 0.3 is 6.03 Å².